The fraction of sp³-hybridized carbons (Fsp3) is 0.533. The number of esters is 3. The van der Waals surface area contributed by atoms with E-state index in [1.54, 1.807) is 0 Å². The molecule has 450 valence electrons. The summed E-state index contributed by atoms with van der Waals surface area (Å²) in [6.45, 7) is 6.19. The van der Waals surface area contributed by atoms with Gasteiger partial charge in [0.15, 0.2) is 6.10 Å². The Balaban J connectivity index is 4.60. The van der Waals surface area contributed by atoms with E-state index in [9.17, 15) is 14.4 Å². The summed E-state index contributed by atoms with van der Waals surface area (Å²) in [5, 5.41) is 0. The van der Waals surface area contributed by atoms with Crippen LogP contribution >= 0.6 is 0 Å². The van der Waals surface area contributed by atoms with E-state index in [1.807, 2.05) is 12.2 Å². The van der Waals surface area contributed by atoms with Crippen molar-refractivity contribution in [2.75, 3.05) is 13.2 Å². The van der Waals surface area contributed by atoms with Crippen molar-refractivity contribution < 1.29 is 28.6 Å². The molecule has 0 N–H and O–H groups in total. The Morgan fingerprint density at radius 1 is 0.247 bits per heavy atom. The third-order valence-corrected chi connectivity index (χ3v) is 12.6. The highest BCUT2D eigenvalue weighted by atomic mass is 16.6. The van der Waals surface area contributed by atoms with Gasteiger partial charge in [0, 0.05) is 19.3 Å². The van der Waals surface area contributed by atoms with Crippen molar-refractivity contribution in [1.29, 1.82) is 0 Å². The van der Waals surface area contributed by atoms with E-state index in [1.165, 1.54) is 25.7 Å². The van der Waals surface area contributed by atoms with E-state index < -0.39 is 6.10 Å². The van der Waals surface area contributed by atoms with Gasteiger partial charge in [0.2, 0.25) is 0 Å². The highest BCUT2D eigenvalue weighted by Gasteiger charge is 2.19. The van der Waals surface area contributed by atoms with Gasteiger partial charge in [-0.25, -0.2) is 0 Å². The third kappa shape index (κ3) is 64.9. The number of ether oxygens (including phenoxy) is 3. The molecule has 0 aromatic carbocycles. The van der Waals surface area contributed by atoms with E-state index in [-0.39, 0.29) is 44.0 Å². The Bertz CT molecular complexity index is 1950. The molecule has 0 radical (unpaired) electrons. The second-order valence-electron chi connectivity index (χ2n) is 20.2. The van der Waals surface area contributed by atoms with Gasteiger partial charge in [-0.15, -0.1) is 0 Å². The van der Waals surface area contributed by atoms with Crippen LogP contribution in [0.5, 0.6) is 0 Å². The predicted octanol–water partition coefficient (Wildman–Crippen LogP) is 22.2. The summed E-state index contributed by atoms with van der Waals surface area (Å²) in [5.41, 5.74) is 0. The Labute approximate surface area is 497 Å². The minimum absolute atomic E-state index is 0.129. The van der Waals surface area contributed by atoms with Crippen LogP contribution in [0.1, 0.15) is 239 Å². The Morgan fingerprint density at radius 2 is 0.469 bits per heavy atom. The molecule has 0 aliphatic rings. The largest absolute Gasteiger partial charge is 0.462 e. The zero-order chi connectivity index (χ0) is 58.5. The molecule has 0 amide bonds. The molecule has 0 saturated heterocycles. The number of allylic oxidation sites excluding steroid dienone is 32. The Kier molecular flexibility index (Phi) is 62.0. The minimum Gasteiger partial charge on any atom is -0.462 e. The molecule has 6 nitrogen and oxygen atoms in total. The summed E-state index contributed by atoms with van der Waals surface area (Å²) in [6, 6.07) is 0. The van der Waals surface area contributed by atoms with Gasteiger partial charge >= 0.3 is 17.9 Å². The highest BCUT2D eigenvalue weighted by molar-refractivity contribution is 5.71. The van der Waals surface area contributed by atoms with E-state index in [0.29, 0.717) is 12.8 Å². The molecule has 0 aliphatic heterocycles. The fourth-order valence-electron chi connectivity index (χ4n) is 7.93. The summed E-state index contributed by atoms with van der Waals surface area (Å²) in [5.74, 6) is -1.06. The molecule has 1 atom stereocenters. The van der Waals surface area contributed by atoms with Crippen LogP contribution in [0.15, 0.2) is 194 Å². The van der Waals surface area contributed by atoms with Crippen molar-refractivity contribution in [2.45, 2.75) is 245 Å². The van der Waals surface area contributed by atoms with Crippen molar-refractivity contribution in [3.8, 4) is 0 Å². The van der Waals surface area contributed by atoms with Gasteiger partial charge in [-0.1, -0.05) is 267 Å². The van der Waals surface area contributed by atoms with Crippen LogP contribution in [-0.4, -0.2) is 37.2 Å². The van der Waals surface area contributed by atoms with Crippen molar-refractivity contribution in [3.63, 3.8) is 0 Å². The molecular formula is C75H114O6. The Hall–Kier alpha value is -5.75. The number of carbonyl (C=O) groups excluding carboxylic acids is 3. The molecule has 0 fully saturated rings. The lowest BCUT2D eigenvalue weighted by molar-refractivity contribution is -0.166. The molecule has 0 aromatic rings. The van der Waals surface area contributed by atoms with Gasteiger partial charge in [-0.3, -0.25) is 14.4 Å². The van der Waals surface area contributed by atoms with E-state index in [2.05, 4.69) is 203 Å². The number of hydrogen-bond donors (Lipinski definition) is 0. The first-order valence-electron chi connectivity index (χ1n) is 31.9. The summed E-state index contributed by atoms with van der Waals surface area (Å²) in [4.78, 5) is 38.4. The lowest BCUT2D eigenvalue weighted by atomic mass is 10.1. The third-order valence-electron chi connectivity index (χ3n) is 12.6. The summed E-state index contributed by atoms with van der Waals surface area (Å²) in [7, 11) is 0. The maximum Gasteiger partial charge on any atom is 0.306 e. The molecule has 1 unspecified atom stereocenters. The smallest absolute Gasteiger partial charge is 0.306 e. The van der Waals surface area contributed by atoms with Crippen LogP contribution in [0.3, 0.4) is 0 Å². The van der Waals surface area contributed by atoms with Crippen LogP contribution in [0.25, 0.3) is 0 Å². The lowest BCUT2D eigenvalue weighted by Crippen LogP contribution is -2.30. The molecule has 0 saturated carbocycles. The second kappa shape index (κ2) is 66.8. The van der Waals surface area contributed by atoms with E-state index in [4.69, 9.17) is 14.2 Å². The predicted molar refractivity (Wildman–Crippen MR) is 352 cm³/mol. The maximum absolute atomic E-state index is 12.9. The normalized spacial score (nSPS) is 13.5. The quantitative estimate of drug-likeness (QED) is 0.0261. The molecule has 0 rings (SSSR count). The van der Waals surface area contributed by atoms with Gasteiger partial charge in [-0.2, -0.15) is 0 Å². The maximum atomic E-state index is 12.9. The van der Waals surface area contributed by atoms with Gasteiger partial charge in [0.25, 0.3) is 0 Å². The molecule has 6 heteroatoms. The average molecular weight is 1110 g/mol. The minimum atomic E-state index is -0.839. The van der Waals surface area contributed by atoms with Crippen LogP contribution in [0.4, 0.5) is 0 Å². The topological polar surface area (TPSA) is 78.9 Å². The summed E-state index contributed by atoms with van der Waals surface area (Å²) in [6.07, 6.45) is 102. The first-order valence-corrected chi connectivity index (χ1v) is 31.9. The molecule has 81 heavy (non-hydrogen) atoms. The molecule has 0 heterocycles. The lowest BCUT2D eigenvalue weighted by Gasteiger charge is -2.18. The molecular weight excluding hydrogens is 997 g/mol. The van der Waals surface area contributed by atoms with Crippen molar-refractivity contribution >= 4 is 17.9 Å². The number of carbonyl (C=O) groups is 3. The van der Waals surface area contributed by atoms with Crippen LogP contribution in [-0.2, 0) is 28.6 Å². The van der Waals surface area contributed by atoms with Crippen molar-refractivity contribution in [2.24, 2.45) is 0 Å². The zero-order valence-corrected chi connectivity index (χ0v) is 51.5. The van der Waals surface area contributed by atoms with Crippen molar-refractivity contribution in [3.05, 3.63) is 194 Å². The van der Waals surface area contributed by atoms with Crippen molar-refractivity contribution in [1.82, 2.24) is 0 Å². The van der Waals surface area contributed by atoms with Crippen LogP contribution < -0.4 is 0 Å². The van der Waals surface area contributed by atoms with Gasteiger partial charge in [0.05, 0.1) is 0 Å². The molecule has 0 aromatic heterocycles. The van der Waals surface area contributed by atoms with Crippen LogP contribution in [0, 0.1) is 0 Å². The average Bonchev–Trinajstić information content (AvgIpc) is 3.47. The zero-order valence-electron chi connectivity index (χ0n) is 51.5. The first kappa shape index (κ1) is 75.2. The standard InChI is InChI=1S/C75H114O6/c1-4-7-10-13-16-19-22-25-28-31-34-36-37-39-41-44-47-50-53-56-59-62-65-68-74(77)80-71-72(70-79-73(76)67-64-61-58-55-52-49-46-43-40-33-30-27-24-21-18-15-12-9-6-3)81-75(78)69-66-63-60-57-54-51-48-45-42-38-35-32-29-26-23-20-17-14-11-8-5-2/h7-12,16-21,25-30,34-36,38-41,43,47,49-50,52,58,61,72H,4-6,13-15,22-24,31-33,37,42,44-46,48,51,53-57,59-60,62-71H2,1-3H3/b10-7-,11-8-,12-9-,19-16-,20-17-,21-18-,28-25-,29-26-,30-27-,36-34-,38-35-,41-39-,43-40-,50-47-,52-49-,61-58-. The summed E-state index contributed by atoms with van der Waals surface area (Å²) < 4.78 is 16.8. The second-order valence-corrected chi connectivity index (χ2v) is 20.2. The van der Waals surface area contributed by atoms with Gasteiger partial charge in [0.1, 0.15) is 13.2 Å². The molecule has 0 bridgehead atoms. The van der Waals surface area contributed by atoms with Crippen LogP contribution in [0.2, 0.25) is 0 Å². The van der Waals surface area contributed by atoms with Gasteiger partial charge < -0.3 is 14.2 Å². The molecule has 0 aliphatic carbocycles. The fourth-order valence-corrected chi connectivity index (χ4v) is 7.93. The number of unbranched alkanes of at least 4 members (excludes halogenated alkanes) is 12. The molecule has 0 spiro atoms. The summed E-state index contributed by atoms with van der Waals surface area (Å²) >= 11 is 0. The number of hydrogen-bond acceptors (Lipinski definition) is 6. The van der Waals surface area contributed by atoms with E-state index >= 15 is 0 Å². The highest BCUT2D eigenvalue weighted by Crippen LogP contribution is 2.13. The van der Waals surface area contributed by atoms with Gasteiger partial charge in [-0.05, 0) is 148 Å². The monoisotopic (exact) mass is 1110 g/mol. The SMILES string of the molecule is CC/C=C\C/C=C\C/C=C\C/C=C\C/C=C\C/C=C\CCCCCCC(=O)OCC(COC(=O)CC/C=C\C/C=C\C/C=C\C/C=C\C/C=C\C/C=C\CC)OC(=O)CCCCCCCCCC/C=C\C/C=C\C/C=C\C/C=C\CC. The Morgan fingerprint density at radius 3 is 0.765 bits per heavy atom. The number of rotatable bonds is 55. The van der Waals surface area contributed by atoms with E-state index in [0.717, 1.165) is 167 Å². The first-order chi connectivity index (χ1) is 40.0.